The van der Waals surface area contributed by atoms with E-state index >= 15 is 0 Å². The van der Waals surface area contributed by atoms with Crippen molar-refractivity contribution in [1.29, 1.82) is 0 Å². The first-order chi connectivity index (χ1) is 12.7. The van der Waals surface area contributed by atoms with Crippen LogP contribution in [0.5, 0.6) is 5.88 Å². The number of ether oxygens (including phenoxy) is 1. The number of hydrogen-bond donors (Lipinski definition) is 2. The van der Waals surface area contributed by atoms with Crippen LogP contribution in [0.2, 0.25) is 0 Å². The first kappa shape index (κ1) is 20.6. The smallest absolute Gasteiger partial charge is 0.422 e. The molecule has 0 aliphatic heterocycles. The molecule has 1 heterocycles. The van der Waals surface area contributed by atoms with Crippen LogP contribution in [0.3, 0.4) is 0 Å². The van der Waals surface area contributed by atoms with Crippen molar-refractivity contribution < 1.29 is 27.8 Å². The van der Waals surface area contributed by atoms with Gasteiger partial charge in [-0.3, -0.25) is 4.79 Å². The molecule has 0 spiro atoms. The summed E-state index contributed by atoms with van der Waals surface area (Å²) in [6.07, 6.45) is -3.92. The minimum Gasteiger partial charge on any atom is -0.467 e. The second-order valence-electron chi connectivity index (χ2n) is 6.47. The lowest BCUT2D eigenvalue weighted by Gasteiger charge is -2.27. The zero-order chi connectivity index (χ0) is 19.9. The molecule has 1 unspecified atom stereocenters. The van der Waals surface area contributed by atoms with Gasteiger partial charge >= 0.3 is 6.18 Å². The average molecular weight is 383 g/mol. The van der Waals surface area contributed by atoms with Crippen molar-refractivity contribution in [1.82, 2.24) is 15.5 Å². The van der Waals surface area contributed by atoms with E-state index in [1.165, 1.54) is 6.07 Å². The molecule has 1 amide bonds. The number of rotatable bonds is 8. The first-order valence-electron chi connectivity index (χ1n) is 8.17. The van der Waals surface area contributed by atoms with E-state index in [4.69, 9.17) is 0 Å². The molecular formula is C18H20F3N3O3. The van der Waals surface area contributed by atoms with Crippen molar-refractivity contribution in [3.63, 3.8) is 0 Å². The minimum atomic E-state index is -4.48. The van der Waals surface area contributed by atoms with Crippen LogP contribution in [0.1, 0.15) is 23.0 Å². The molecule has 146 valence electrons. The molecule has 9 heteroatoms. The van der Waals surface area contributed by atoms with Crippen molar-refractivity contribution in [3.8, 4) is 5.88 Å². The number of hydrogen-bond acceptors (Lipinski definition) is 5. The van der Waals surface area contributed by atoms with Gasteiger partial charge in [0, 0.05) is 18.0 Å². The maximum Gasteiger partial charge on any atom is 0.422 e. The van der Waals surface area contributed by atoms with E-state index in [0.717, 1.165) is 11.6 Å². The molecule has 0 saturated carbocycles. The lowest BCUT2D eigenvalue weighted by atomic mass is 9.84. The highest BCUT2D eigenvalue weighted by Crippen LogP contribution is 2.21. The third-order valence-electron chi connectivity index (χ3n) is 3.79. The fraction of sp³-hybridized carbons (Fsp3) is 0.389. The van der Waals surface area contributed by atoms with Crippen molar-refractivity contribution in [2.75, 3.05) is 19.8 Å². The topological polar surface area (TPSA) is 84.3 Å². The average Bonchev–Trinajstić information content (AvgIpc) is 2.65. The van der Waals surface area contributed by atoms with Gasteiger partial charge in [-0.25, -0.2) is 0 Å². The molecule has 0 aliphatic carbocycles. The Labute approximate surface area is 154 Å². The van der Waals surface area contributed by atoms with Crippen molar-refractivity contribution >= 4 is 5.91 Å². The summed E-state index contributed by atoms with van der Waals surface area (Å²) in [4.78, 5) is 12.2. The van der Waals surface area contributed by atoms with E-state index < -0.39 is 24.1 Å². The van der Waals surface area contributed by atoms with Gasteiger partial charge in [0.2, 0.25) is 5.88 Å². The molecular weight excluding hydrogens is 363 g/mol. The predicted molar refractivity (Wildman–Crippen MR) is 91.3 cm³/mol. The summed E-state index contributed by atoms with van der Waals surface area (Å²) in [5, 5.41) is 19.4. The van der Waals surface area contributed by atoms with Crippen LogP contribution >= 0.6 is 0 Å². The highest BCUT2D eigenvalue weighted by atomic mass is 19.4. The Hall–Kier alpha value is -2.68. The van der Waals surface area contributed by atoms with E-state index in [2.05, 4.69) is 20.3 Å². The predicted octanol–water partition coefficient (Wildman–Crippen LogP) is 2.39. The number of aromatic nitrogens is 2. The number of nitrogens with zero attached hydrogens (tertiary/aromatic N) is 2. The van der Waals surface area contributed by atoms with Crippen LogP contribution in [0.25, 0.3) is 0 Å². The Morgan fingerprint density at radius 3 is 2.41 bits per heavy atom. The number of amides is 1. The maximum atomic E-state index is 12.2. The second-order valence-corrected chi connectivity index (χ2v) is 6.47. The third-order valence-corrected chi connectivity index (χ3v) is 3.79. The molecule has 0 fully saturated rings. The monoisotopic (exact) mass is 383 g/mol. The molecule has 0 bridgehead atoms. The van der Waals surface area contributed by atoms with Gasteiger partial charge in [0.25, 0.3) is 5.91 Å². The first-order valence-corrected chi connectivity index (χ1v) is 8.17. The number of benzene rings is 1. The Morgan fingerprint density at radius 2 is 1.85 bits per heavy atom. The quantitative estimate of drug-likeness (QED) is 0.731. The number of aliphatic hydroxyl groups excluding tert-OH is 1. The Bertz CT molecular complexity index is 739. The van der Waals surface area contributed by atoms with Gasteiger partial charge in [0.1, 0.15) is 0 Å². The normalized spacial score (nSPS) is 13.7. The van der Waals surface area contributed by atoms with E-state index in [0.29, 0.717) is 6.42 Å². The molecule has 0 saturated heterocycles. The fourth-order valence-electron chi connectivity index (χ4n) is 2.32. The number of carbonyl (C=O) groups excluding carboxylic acids is 1. The standard InChI is InChI=1S/C18H20F3N3O3/c1-17(11-25,9-13-5-3-2-4-6-13)10-22-16(26)14-7-8-15(24-23-14)27-12-18(19,20)21/h2-8,25H,9-12H2,1H3,(H,22,26). The molecule has 2 rings (SSSR count). The summed E-state index contributed by atoms with van der Waals surface area (Å²) in [6, 6.07) is 11.9. The lowest BCUT2D eigenvalue weighted by molar-refractivity contribution is -0.154. The fourth-order valence-corrected chi connectivity index (χ4v) is 2.32. The van der Waals surface area contributed by atoms with E-state index in [1.54, 1.807) is 0 Å². The van der Waals surface area contributed by atoms with Crippen LogP contribution in [0.15, 0.2) is 42.5 Å². The summed E-state index contributed by atoms with van der Waals surface area (Å²) < 4.78 is 40.7. The molecule has 0 radical (unpaired) electrons. The summed E-state index contributed by atoms with van der Waals surface area (Å²) in [6.45, 7) is 0.394. The zero-order valence-electron chi connectivity index (χ0n) is 14.7. The molecule has 1 aromatic carbocycles. The number of carbonyl (C=O) groups is 1. The summed E-state index contributed by atoms with van der Waals surface area (Å²) in [7, 11) is 0. The van der Waals surface area contributed by atoms with Crippen LogP contribution in [0.4, 0.5) is 13.2 Å². The molecule has 1 atom stereocenters. The minimum absolute atomic E-state index is 0.0608. The van der Waals surface area contributed by atoms with Gasteiger partial charge in [-0.15, -0.1) is 10.2 Å². The largest absolute Gasteiger partial charge is 0.467 e. The highest BCUT2D eigenvalue weighted by molar-refractivity contribution is 5.92. The zero-order valence-corrected chi connectivity index (χ0v) is 14.7. The molecule has 2 aromatic rings. The van der Waals surface area contributed by atoms with Crippen LogP contribution in [-0.4, -0.2) is 47.1 Å². The molecule has 0 aliphatic rings. The maximum absolute atomic E-state index is 12.2. The highest BCUT2D eigenvalue weighted by Gasteiger charge is 2.29. The molecule has 1 aromatic heterocycles. The van der Waals surface area contributed by atoms with Gasteiger partial charge in [0.05, 0.1) is 6.61 Å². The van der Waals surface area contributed by atoms with Crippen LogP contribution < -0.4 is 10.1 Å². The summed E-state index contributed by atoms with van der Waals surface area (Å²) in [5.41, 5.74) is 0.379. The number of nitrogens with one attached hydrogen (secondary N) is 1. The van der Waals surface area contributed by atoms with Crippen molar-refractivity contribution in [3.05, 3.63) is 53.7 Å². The third kappa shape index (κ3) is 6.86. The molecule has 2 N–H and O–H groups in total. The number of halogens is 3. The van der Waals surface area contributed by atoms with E-state index in [-0.39, 0.29) is 24.7 Å². The van der Waals surface area contributed by atoms with Crippen LogP contribution in [0, 0.1) is 5.41 Å². The van der Waals surface area contributed by atoms with E-state index in [9.17, 15) is 23.1 Å². The Balaban J connectivity index is 1.91. The van der Waals surface area contributed by atoms with Gasteiger partial charge in [-0.05, 0) is 18.1 Å². The van der Waals surface area contributed by atoms with Crippen molar-refractivity contribution in [2.24, 2.45) is 5.41 Å². The Kier molecular flexibility index (Phi) is 6.73. The summed E-state index contributed by atoms with van der Waals surface area (Å²) in [5.74, 6) is -0.870. The van der Waals surface area contributed by atoms with Gasteiger partial charge in [0.15, 0.2) is 12.3 Å². The second kappa shape index (κ2) is 8.81. The van der Waals surface area contributed by atoms with Gasteiger partial charge < -0.3 is 15.2 Å². The van der Waals surface area contributed by atoms with Crippen LogP contribution in [-0.2, 0) is 6.42 Å². The number of aliphatic hydroxyl groups is 1. The van der Waals surface area contributed by atoms with E-state index in [1.807, 2.05) is 37.3 Å². The Morgan fingerprint density at radius 1 is 1.15 bits per heavy atom. The van der Waals surface area contributed by atoms with Gasteiger partial charge in [-0.1, -0.05) is 37.3 Å². The molecule has 6 nitrogen and oxygen atoms in total. The van der Waals surface area contributed by atoms with Crippen molar-refractivity contribution in [2.45, 2.75) is 19.5 Å². The number of alkyl halides is 3. The summed E-state index contributed by atoms with van der Waals surface area (Å²) >= 11 is 0. The molecule has 27 heavy (non-hydrogen) atoms. The SMILES string of the molecule is CC(CO)(CNC(=O)c1ccc(OCC(F)(F)F)nn1)Cc1ccccc1. The lowest BCUT2D eigenvalue weighted by Crippen LogP contribution is -2.39. The van der Waals surface area contributed by atoms with Gasteiger partial charge in [-0.2, -0.15) is 13.2 Å².